The molecule has 0 spiro atoms. The third-order valence-electron chi connectivity index (χ3n) is 7.13. The fourth-order valence-corrected chi connectivity index (χ4v) is 5.46. The maximum Gasteiger partial charge on any atom is 0.271 e. The van der Waals surface area contributed by atoms with Crippen LogP contribution < -0.4 is 10.5 Å². The van der Waals surface area contributed by atoms with E-state index in [1.807, 2.05) is 31.3 Å². The number of nitrogens with zero attached hydrogens (tertiary/aromatic N) is 7. The number of halogens is 1. The van der Waals surface area contributed by atoms with Crippen molar-refractivity contribution in [1.82, 2.24) is 19.4 Å². The Morgan fingerprint density at radius 3 is 2.68 bits per heavy atom. The second kappa shape index (κ2) is 10.3. The first-order chi connectivity index (χ1) is 18.3. The van der Waals surface area contributed by atoms with Crippen molar-refractivity contribution in [1.29, 1.82) is 5.26 Å². The Morgan fingerprint density at radius 2 is 2.03 bits per heavy atom. The van der Waals surface area contributed by atoms with Gasteiger partial charge in [-0.1, -0.05) is 36.4 Å². The fourth-order valence-electron chi connectivity index (χ4n) is 5.26. The molecule has 3 aromatic heterocycles. The second-order valence-corrected chi connectivity index (χ2v) is 10.0. The maximum absolute atomic E-state index is 13.1. The van der Waals surface area contributed by atoms with Crippen LogP contribution in [0.4, 0.5) is 11.5 Å². The van der Waals surface area contributed by atoms with Gasteiger partial charge in [0.25, 0.3) is 11.4 Å². The zero-order valence-corrected chi connectivity index (χ0v) is 22.1. The summed E-state index contributed by atoms with van der Waals surface area (Å²) in [5.74, 6) is 0.222. The number of anilines is 1. The Hall–Kier alpha value is -4.24. The molecule has 0 radical (unpaired) electrons. The summed E-state index contributed by atoms with van der Waals surface area (Å²) in [6, 6.07) is 17.3. The first-order valence-corrected chi connectivity index (χ1v) is 12.7. The summed E-state index contributed by atoms with van der Waals surface area (Å²) in [6.07, 6.45) is 1.87. The standard InChI is InChI=1S/C29H26ClN7O/c1-18-8-9-23(33-16-18)27(20-6-5-7-21(30)14-20)37-13-12-36(17-19(37)2)28-22(15-31)29(38)35(4)24-10-11-25(32-3)34-26(24)28/h5-11,14,16,19,27H,12-13,17H2,1-2,4H3/t19-,27?/m1/s1. The topological polar surface area (TPSA) is 82.4 Å². The maximum atomic E-state index is 13.1. The number of aromatic nitrogens is 3. The zero-order valence-electron chi connectivity index (χ0n) is 21.4. The van der Waals surface area contributed by atoms with Crippen molar-refractivity contribution in [2.24, 2.45) is 7.05 Å². The van der Waals surface area contributed by atoms with Gasteiger partial charge >= 0.3 is 0 Å². The molecule has 1 unspecified atom stereocenters. The van der Waals surface area contributed by atoms with Crippen molar-refractivity contribution in [2.75, 3.05) is 24.5 Å². The predicted octanol–water partition coefficient (Wildman–Crippen LogP) is 5.01. The third kappa shape index (κ3) is 4.50. The SMILES string of the molecule is [C-]#[N+]c1ccc2c(n1)c(N1CCN(C(c3cccc(Cl)c3)c3ccc(C)cn3)[C@H](C)C1)c(C#N)c(=O)n2C. The number of hydrogen-bond donors (Lipinski definition) is 0. The molecule has 0 bridgehead atoms. The molecule has 1 aromatic carbocycles. The first kappa shape index (κ1) is 25.4. The van der Waals surface area contributed by atoms with Crippen molar-refractivity contribution in [3.63, 3.8) is 0 Å². The van der Waals surface area contributed by atoms with Crippen LogP contribution >= 0.6 is 11.6 Å². The zero-order chi connectivity index (χ0) is 27.0. The molecule has 0 N–H and O–H groups in total. The van der Waals surface area contributed by atoms with Gasteiger partial charge in [0, 0.05) is 43.9 Å². The van der Waals surface area contributed by atoms with E-state index < -0.39 is 0 Å². The molecule has 0 amide bonds. The first-order valence-electron chi connectivity index (χ1n) is 12.3. The normalized spacial score (nSPS) is 16.7. The lowest BCUT2D eigenvalue weighted by molar-refractivity contribution is 0.147. The van der Waals surface area contributed by atoms with E-state index in [1.54, 1.807) is 19.2 Å². The molecule has 4 aromatic rings. The van der Waals surface area contributed by atoms with Crippen LogP contribution in [0.15, 0.2) is 59.5 Å². The van der Waals surface area contributed by atoms with Crippen molar-refractivity contribution in [3.8, 4) is 6.07 Å². The van der Waals surface area contributed by atoms with Crippen molar-refractivity contribution < 1.29 is 0 Å². The van der Waals surface area contributed by atoms with Gasteiger partial charge in [0.2, 0.25) is 5.52 Å². The minimum absolute atomic E-state index is 0.0329. The lowest BCUT2D eigenvalue weighted by Crippen LogP contribution is -2.53. The number of piperazine rings is 1. The molecule has 1 saturated heterocycles. The minimum atomic E-state index is -0.372. The van der Waals surface area contributed by atoms with Crippen LogP contribution in [0, 0.1) is 24.8 Å². The molecule has 9 heteroatoms. The summed E-state index contributed by atoms with van der Waals surface area (Å²) in [5, 5.41) is 10.6. The van der Waals surface area contributed by atoms with Crippen LogP contribution in [-0.4, -0.2) is 45.1 Å². The Morgan fingerprint density at radius 1 is 1.21 bits per heavy atom. The number of aryl methyl sites for hydroxylation is 2. The smallest absolute Gasteiger partial charge is 0.271 e. The van der Waals surface area contributed by atoms with Crippen LogP contribution in [0.5, 0.6) is 0 Å². The Bertz CT molecular complexity index is 1670. The molecule has 1 fully saturated rings. The van der Waals surface area contributed by atoms with Crippen LogP contribution in [0.3, 0.4) is 0 Å². The van der Waals surface area contributed by atoms with Gasteiger partial charge in [0.15, 0.2) is 0 Å². The number of benzene rings is 1. The average molecular weight is 524 g/mol. The Balaban J connectivity index is 1.57. The van der Waals surface area contributed by atoms with Gasteiger partial charge in [0.1, 0.15) is 17.3 Å². The van der Waals surface area contributed by atoms with Crippen LogP contribution in [-0.2, 0) is 7.05 Å². The molecule has 2 atom stereocenters. The van der Waals surface area contributed by atoms with E-state index in [1.165, 1.54) is 4.57 Å². The number of fused-ring (bicyclic) bond motifs is 1. The van der Waals surface area contributed by atoms with E-state index in [4.69, 9.17) is 23.2 Å². The van der Waals surface area contributed by atoms with Crippen molar-refractivity contribution >= 4 is 34.1 Å². The second-order valence-electron chi connectivity index (χ2n) is 9.60. The molecular formula is C29H26ClN7O. The Labute approximate surface area is 226 Å². The highest BCUT2D eigenvalue weighted by molar-refractivity contribution is 6.30. The highest BCUT2D eigenvalue weighted by atomic mass is 35.5. The summed E-state index contributed by atoms with van der Waals surface area (Å²) in [7, 11) is 1.62. The summed E-state index contributed by atoms with van der Waals surface area (Å²) in [6.45, 7) is 13.3. The number of pyridine rings is 3. The summed E-state index contributed by atoms with van der Waals surface area (Å²) in [5.41, 5.74) is 4.31. The van der Waals surface area contributed by atoms with Gasteiger partial charge in [-0.3, -0.25) is 14.7 Å². The van der Waals surface area contributed by atoms with Gasteiger partial charge in [-0.15, -0.1) is 4.98 Å². The molecule has 190 valence electrons. The largest absolute Gasteiger partial charge is 0.364 e. The molecule has 1 aliphatic heterocycles. The van der Waals surface area contributed by atoms with Gasteiger partial charge in [-0.25, -0.2) is 0 Å². The van der Waals surface area contributed by atoms with Crippen LogP contribution in [0.25, 0.3) is 15.9 Å². The lowest BCUT2D eigenvalue weighted by Gasteiger charge is -2.44. The van der Waals surface area contributed by atoms with Gasteiger partial charge in [0.05, 0.1) is 17.3 Å². The molecule has 8 nitrogen and oxygen atoms in total. The number of hydrogen-bond acceptors (Lipinski definition) is 6. The molecular weight excluding hydrogens is 498 g/mol. The monoisotopic (exact) mass is 523 g/mol. The molecule has 38 heavy (non-hydrogen) atoms. The van der Waals surface area contributed by atoms with E-state index in [0.717, 1.165) is 16.8 Å². The number of rotatable bonds is 4. The predicted molar refractivity (Wildman–Crippen MR) is 149 cm³/mol. The summed E-state index contributed by atoms with van der Waals surface area (Å²) >= 11 is 6.38. The minimum Gasteiger partial charge on any atom is -0.364 e. The van der Waals surface area contributed by atoms with Crippen LogP contribution in [0.1, 0.15) is 35.3 Å². The molecule has 4 heterocycles. The van der Waals surface area contributed by atoms with Crippen LogP contribution in [0.2, 0.25) is 5.02 Å². The van der Waals surface area contributed by atoms with E-state index >= 15 is 0 Å². The van der Waals surface area contributed by atoms with E-state index in [9.17, 15) is 10.1 Å². The molecule has 5 rings (SSSR count). The molecule has 0 saturated carbocycles. The van der Waals surface area contributed by atoms with E-state index in [0.29, 0.717) is 41.4 Å². The third-order valence-corrected chi connectivity index (χ3v) is 7.37. The quantitative estimate of drug-likeness (QED) is 0.350. The van der Waals surface area contributed by atoms with Crippen molar-refractivity contribution in [3.05, 3.63) is 104 Å². The molecule has 1 aliphatic rings. The van der Waals surface area contributed by atoms with E-state index in [-0.39, 0.29) is 29.0 Å². The highest BCUT2D eigenvalue weighted by Gasteiger charge is 2.35. The average Bonchev–Trinajstić information content (AvgIpc) is 2.92. The highest BCUT2D eigenvalue weighted by Crippen LogP contribution is 2.35. The summed E-state index contributed by atoms with van der Waals surface area (Å²) < 4.78 is 1.43. The fraction of sp³-hybridized carbons (Fsp3) is 0.276. The van der Waals surface area contributed by atoms with Gasteiger partial charge in [-0.2, -0.15) is 5.26 Å². The van der Waals surface area contributed by atoms with Crippen molar-refractivity contribution in [2.45, 2.75) is 25.9 Å². The molecule has 0 aliphatic carbocycles. The summed E-state index contributed by atoms with van der Waals surface area (Å²) in [4.78, 5) is 30.3. The number of nitriles is 1. The lowest BCUT2D eigenvalue weighted by atomic mass is 9.97. The van der Waals surface area contributed by atoms with Gasteiger partial charge < -0.3 is 14.3 Å². The Kier molecular flexibility index (Phi) is 6.86. The van der Waals surface area contributed by atoms with E-state index in [2.05, 4.69) is 50.8 Å². The van der Waals surface area contributed by atoms with Gasteiger partial charge in [-0.05, 0) is 55.3 Å².